The molecule has 23 heavy (non-hydrogen) atoms. The number of carbonyl (C=O) groups is 1. The highest BCUT2D eigenvalue weighted by molar-refractivity contribution is 7.90. The minimum absolute atomic E-state index is 0.0216. The Hall–Kier alpha value is -1.40. The van der Waals surface area contributed by atoms with Gasteiger partial charge < -0.3 is 5.32 Å². The smallest absolute Gasteiger partial charge is 0.227 e. The molecule has 1 aromatic carbocycles. The maximum absolute atomic E-state index is 12.3. The van der Waals surface area contributed by atoms with Crippen molar-refractivity contribution in [3.63, 3.8) is 0 Å². The van der Waals surface area contributed by atoms with Crippen molar-refractivity contribution in [3.05, 3.63) is 30.3 Å². The van der Waals surface area contributed by atoms with Gasteiger partial charge in [-0.15, -0.1) is 0 Å². The van der Waals surface area contributed by atoms with Gasteiger partial charge in [0.2, 0.25) is 15.9 Å². The maximum atomic E-state index is 12.3. The average molecular weight is 338 g/mol. The summed E-state index contributed by atoms with van der Waals surface area (Å²) in [5, 5.41) is 2.92. The van der Waals surface area contributed by atoms with Crippen LogP contribution >= 0.6 is 0 Å². The van der Waals surface area contributed by atoms with Gasteiger partial charge in [-0.3, -0.25) is 4.79 Å². The minimum Gasteiger partial charge on any atom is -0.326 e. The van der Waals surface area contributed by atoms with Crippen LogP contribution in [0.2, 0.25) is 0 Å². The third-order valence-corrected chi connectivity index (χ3v) is 6.52. The van der Waals surface area contributed by atoms with E-state index in [0.717, 1.165) is 5.69 Å². The number of benzene rings is 1. The molecule has 1 aliphatic rings. The molecule has 5 nitrogen and oxygen atoms in total. The van der Waals surface area contributed by atoms with E-state index < -0.39 is 14.8 Å². The Bertz CT molecular complexity index is 628. The number of anilines is 1. The van der Waals surface area contributed by atoms with Crippen LogP contribution < -0.4 is 10.0 Å². The topological polar surface area (TPSA) is 75.3 Å². The number of hydrogen-bond donors (Lipinski definition) is 2. The lowest BCUT2D eigenvalue weighted by molar-refractivity contribution is -0.120. The molecule has 1 aliphatic carbocycles. The molecule has 0 aromatic heterocycles. The van der Waals surface area contributed by atoms with Gasteiger partial charge in [-0.05, 0) is 58.6 Å². The third-order valence-electron chi connectivity index (χ3n) is 4.27. The van der Waals surface area contributed by atoms with E-state index in [2.05, 4.69) is 10.0 Å². The Kier molecular flexibility index (Phi) is 5.47. The lowest BCUT2D eigenvalue weighted by atomic mass is 9.86. The summed E-state index contributed by atoms with van der Waals surface area (Å²) >= 11 is 0. The molecule has 0 bridgehead atoms. The Morgan fingerprint density at radius 3 is 2.13 bits per heavy atom. The third kappa shape index (κ3) is 4.78. The SMILES string of the molecule is CC(C)(C)S(=O)(=O)N[C@H]1CC[C@H](C(=O)Nc2ccccc2)CC1. The first-order valence-electron chi connectivity index (χ1n) is 8.07. The average Bonchev–Trinajstić information content (AvgIpc) is 2.47. The van der Waals surface area contributed by atoms with Crippen molar-refractivity contribution in [2.45, 2.75) is 57.2 Å². The molecule has 128 valence electrons. The normalized spacial score (nSPS) is 22.6. The fraction of sp³-hybridized carbons (Fsp3) is 0.588. The lowest BCUT2D eigenvalue weighted by Crippen LogP contribution is -2.46. The fourth-order valence-electron chi connectivity index (χ4n) is 2.64. The summed E-state index contributed by atoms with van der Waals surface area (Å²) in [6.07, 6.45) is 2.80. The van der Waals surface area contributed by atoms with Crippen LogP contribution in [-0.2, 0) is 14.8 Å². The summed E-state index contributed by atoms with van der Waals surface area (Å²) in [5.74, 6) is -0.0288. The molecule has 6 heteroatoms. The van der Waals surface area contributed by atoms with Crippen LogP contribution in [0.25, 0.3) is 0 Å². The fourth-order valence-corrected chi connectivity index (χ4v) is 3.66. The minimum atomic E-state index is -3.33. The summed E-state index contributed by atoms with van der Waals surface area (Å²) < 4.78 is 26.3. The Balaban J connectivity index is 1.85. The van der Waals surface area contributed by atoms with Crippen LogP contribution in [0.5, 0.6) is 0 Å². The predicted octanol–water partition coefficient (Wildman–Crippen LogP) is 2.90. The van der Waals surface area contributed by atoms with E-state index >= 15 is 0 Å². The molecule has 1 fully saturated rings. The molecule has 1 amide bonds. The highest BCUT2D eigenvalue weighted by atomic mass is 32.2. The van der Waals surface area contributed by atoms with Crippen molar-refractivity contribution in [1.82, 2.24) is 4.72 Å². The number of amides is 1. The van der Waals surface area contributed by atoms with Gasteiger partial charge in [0.1, 0.15) is 0 Å². The van der Waals surface area contributed by atoms with E-state index in [1.165, 1.54) is 0 Å². The summed E-state index contributed by atoms with van der Waals surface area (Å²) in [6, 6.07) is 9.33. The number of carbonyl (C=O) groups excluding carboxylic acids is 1. The van der Waals surface area contributed by atoms with E-state index in [-0.39, 0.29) is 17.9 Å². The van der Waals surface area contributed by atoms with Crippen molar-refractivity contribution >= 4 is 21.6 Å². The van der Waals surface area contributed by atoms with Crippen molar-refractivity contribution < 1.29 is 13.2 Å². The molecular weight excluding hydrogens is 312 g/mol. The number of hydrogen-bond acceptors (Lipinski definition) is 3. The molecule has 0 spiro atoms. The van der Waals surface area contributed by atoms with Gasteiger partial charge in [0.05, 0.1) is 4.75 Å². The van der Waals surface area contributed by atoms with Gasteiger partial charge in [-0.1, -0.05) is 18.2 Å². The van der Waals surface area contributed by atoms with E-state index in [4.69, 9.17) is 0 Å². The molecule has 2 rings (SSSR count). The first-order valence-corrected chi connectivity index (χ1v) is 9.55. The molecule has 0 unspecified atom stereocenters. The van der Waals surface area contributed by atoms with Crippen molar-refractivity contribution in [2.24, 2.45) is 5.92 Å². The molecule has 2 N–H and O–H groups in total. The van der Waals surface area contributed by atoms with E-state index in [0.29, 0.717) is 25.7 Å². The van der Waals surface area contributed by atoms with Crippen LogP contribution in [0.3, 0.4) is 0 Å². The largest absolute Gasteiger partial charge is 0.326 e. The van der Waals surface area contributed by atoms with E-state index in [1.807, 2.05) is 30.3 Å². The standard InChI is InChI=1S/C17H26N2O3S/c1-17(2,3)23(21,22)19-15-11-9-13(10-12-15)16(20)18-14-7-5-4-6-8-14/h4-8,13,15,19H,9-12H2,1-3H3,(H,18,20)/t13-,15-. The highest BCUT2D eigenvalue weighted by Gasteiger charge is 2.34. The Labute approximate surface area is 138 Å². The first-order chi connectivity index (χ1) is 10.7. The molecule has 0 saturated heterocycles. The van der Waals surface area contributed by atoms with Crippen molar-refractivity contribution in [2.75, 3.05) is 5.32 Å². The molecule has 0 heterocycles. The second kappa shape index (κ2) is 7.01. The quantitative estimate of drug-likeness (QED) is 0.886. The number of para-hydroxylation sites is 1. The van der Waals surface area contributed by atoms with Gasteiger partial charge in [-0.2, -0.15) is 0 Å². The van der Waals surface area contributed by atoms with Crippen LogP contribution in [0.1, 0.15) is 46.5 Å². The predicted molar refractivity (Wildman–Crippen MR) is 92.6 cm³/mol. The number of nitrogens with one attached hydrogen (secondary N) is 2. The van der Waals surface area contributed by atoms with E-state index in [1.54, 1.807) is 20.8 Å². The van der Waals surface area contributed by atoms with Gasteiger partial charge in [0.25, 0.3) is 0 Å². The van der Waals surface area contributed by atoms with Crippen LogP contribution in [0.4, 0.5) is 5.69 Å². The van der Waals surface area contributed by atoms with Crippen LogP contribution in [0.15, 0.2) is 30.3 Å². The van der Waals surface area contributed by atoms with Crippen LogP contribution in [-0.4, -0.2) is 25.1 Å². The summed E-state index contributed by atoms with van der Waals surface area (Å²) in [7, 11) is -3.33. The van der Waals surface area contributed by atoms with Crippen LogP contribution in [0, 0.1) is 5.92 Å². The number of sulfonamides is 1. The van der Waals surface area contributed by atoms with Crippen molar-refractivity contribution in [3.8, 4) is 0 Å². The second-order valence-electron chi connectivity index (χ2n) is 7.14. The molecule has 0 aliphatic heterocycles. The van der Waals surface area contributed by atoms with E-state index in [9.17, 15) is 13.2 Å². The van der Waals surface area contributed by atoms with Crippen molar-refractivity contribution in [1.29, 1.82) is 0 Å². The van der Waals surface area contributed by atoms with Gasteiger partial charge >= 0.3 is 0 Å². The highest BCUT2D eigenvalue weighted by Crippen LogP contribution is 2.27. The molecule has 1 saturated carbocycles. The van der Waals surface area contributed by atoms with Gasteiger partial charge in [0.15, 0.2) is 0 Å². The summed E-state index contributed by atoms with van der Waals surface area (Å²) in [6.45, 7) is 5.07. The monoisotopic (exact) mass is 338 g/mol. The molecule has 0 radical (unpaired) electrons. The Morgan fingerprint density at radius 1 is 1.04 bits per heavy atom. The van der Waals surface area contributed by atoms with Gasteiger partial charge in [-0.25, -0.2) is 13.1 Å². The maximum Gasteiger partial charge on any atom is 0.227 e. The summed E-state index contributed by atoms with van der Waals surface area (Å²) in [4.78, 5) is 12.3. The zero-order valence-corrected chi connectivity index (χ0v) is 14.8. The molecule has 1 aromatic rings. The molecule has 0 atom stereocenters. The zero-order valence-electron chi connectivity index (χ0n) is 14.0. The lowest BCUT2D eigenvalue weighted by Gasteiger charge is -2.30. The zero-order chi connectivity index (χ0) is 17.1. The second-order valence-corrected chi connectivity index (χ2v) is 9.60. The summed E-state index contributed by atoms with van der Waals surface area (Å²) in [5.41, 5.74) is 0.799. The first kappa shape index (κ1) is 17.9. The number of rotatable bonds is 4. The van der Waals surface area contributed by atoms with Gasteiger partial charge in [0, 0.05) is 17.6 Å². The molecular formula is C17H26N2O3S. The Morgan fingerprint density at radius 2 is 1.61 bits per heavy atom.